The zero-order chi connectivity index (χ0) is 14.5. The van der Waals surface area contributed by atoms with Crippen molar-refractivity contribution < 1.29 is 18.5 Å². The molecule has 0 aliphatic rings. The van der Waals surface area contributed by atoms with E-state index in [1.165, 1.54) is 12.3 Å². The van der Waals surface area contributed by atoms with Gasteiger partial charge in [0.25, 0.3) is 5.88 Å². The Kier molecular flexibility index (Phi) is 3.68. The van der Waals surface area contributed by atoms with Crippen molar-refractivity contribution in [1.82, 2.24) is 20.3 Å². The van der Waals surface area contributed by atoms with Crippen molar-refractivity contribution in [2.45, 2.75) is 6.54 Å². The first-order valence-electron chi connectivity index (χ1n) is 6.25. The van der Waals surface area contributed by atoms with Crippen LogP contribution in [-0.2, 0) is 6.54 Å². The molecule has 8 heteroatoms. The molecule has 1 amide bonds. The Bertz CT molecular complexity index is 688. The van der Waals surface area contributed by atoms with Crippen molar-refractivity contribution in [2.75, 3.05) is 6.54 Å². The van der Waals surface area contributed by atoms with Crippen LogP contribution in [0.2, 0.25) is 0 Å². The Morgan fingerprint density at radius 3 is 3.10 bits per heavy atom. The van der Waals surface area contributed by atoms with E-state index in [9.17, 15) is 4.79 Å². The molecule has 0 saturated carbocycles. The average Bonchev–Trinajstić information content (AvgIpc) is 3.21. The second kappa shape index (κ2) is 5.95. The van der Waals surface area contributed by atoms with Crippen LogP contribution >= 0.6 is 0 Å². The van der Waals surface area contributed by atoms with Crippen LogP contribution in [0.1, 0.15) is 0 Å². The van der Waals surface area contributed by atoms with Gasteiger partial charge in [-0.25, -0.2) is 4.79 Å². The number of nitrogens with zero attached hydrogens (tertiary/aromatic N) is 3. The molecule has 3 rings (SSSR count). The summed E-state index contributed by atoms with van der Waals surface area (Å²) in [5.41, 5.74) is 0. The van der Waals surface area contributed by atoms with Crippen LogP contribution in [0.25, 0.3) is 11.5 Å². The highest BCUT2D eigenvalue weighted by molar-refractivity contribution is 5.70. The van der Waals surface area contributed by atoms with Crippen LogP contribution in [0.5, 0.6) is 5.88 Å². The van der Waals surface area contributed by atoms with E-state index in [0.29, 0.717) is 24.6 Å². The fourth-order valence-electron chi connectivity index (χ4n) is 1.68. The van der Waals surface area contributed by atoms with Gasteiger partial charge in [0.2, 0.25) is 5.76 Å². The Morgan fingerprint density at radius 2 is 2.33 bits per heavy atom. The summed E-state index contributed by atoms with van der Waals surface area (Å²) in [5.74, 6) is 0.966. The molecule has 0 aliphatic carbocycles. The molecule has 0 aromatic carbocycles. The lowest BCUT2D eigenvalue weighted by molar-refractivity contribution is 0.195. The number of carbonyl (C=O) groups excluding carboxylic acids is 1. The largest absolute Gasteiger partial charge is 0.461 e. The topological polar surface area (TPSA) is 95.3 Å². The molecule has 0 radical (unpaired) electrons. The molecule has 0 unspecified atom stereocenters. The summed E-state index contributed by atoms with van der Waals surface area (Å²) in [6, 6.07) is 6.73. The number of aromatic nitrogens is 3. The Hall–Kier alpha value is -3.03. The van der Waals surface area contributed by atoms with Crippen LogP contribution < -0.4 is 10.1 Å². The van der Waals surface area contributed by atoms with Gasteiger partial charge in [0.1, 0.15) is 0 Å². The lowest BCUT2D eigenvalue weighted by Crippen LogP contribution is -2.30. The molecule has 3 aromatic rings. The van der Waals surface area contributed by atoms with Crippen molar-refractivity contribution in [1.29, 1.82) is 0 Å². The number of furan rings is 1. The highest BCUT2D eigenvalue weighted by Gasteiger charge is 2.12. The van der Waals surface area contributed by atoms with Gasteiger partial charge in [-0.15, -0.1) is 0 Å². The van der Waals surface area contributed by atoms with Gasteiger partial charge in [-0.05, 0) is 23.4 Å². The maximum absolute atomic E-state index is 11.6. The van der Waals surface area contributed by atoms with Crippen molar-refractivity contribution in [3.05, 3.63) is 42.9 Å². The number of nitrogens with one attached hydrogen (secondary N) is 1. The van der Waals surface area contributed by atoms with E-state index in [-0.39, 0.29) is 5.88 Å². The standard InChI is InChI=1S/C13H12N4O4/c18-13(14-5-7-17-6-2-4-15-17)20-12-9-11(21-16-12)10-3-1-8-19-10/h1-4,6,8-9H,5,7H2,(H,14,18). The summed E-state index contributed by atoms with van der Waals surface area (Å²) in [5, 5.41) is 10.2. The smallest absolute Gasteiger partial charge is 0.414 e. The molecule has 0 spiro atoms. The molecule has 108 valence electrons. The second-order valence-electron chi connectivity index (χ2n) is 4.09. The van der Waals surface area contributed by atoms with Crippen LogP contribution in [0.3, 0.4) is 0 Å². The molecule has 0 saturated heterocycles. The lowest BCUT2D eigenvalue weighted by Gasteiger charge is -2.04. The molecule has 0 fully saturated rings. The third-order valence-electron chi connectivity index (χ3n) is 2.62. The molecule has 21 heavy (non-hydrogen) atoms. The van der Waals surface area contributed by atoms with Gasteiger partial charge >= 0.3 is 6.09 Å². The van der Waals surface area contributed by atoms with E-state index >= 15 is 0 Å². The lowest BCUT2D eigenvalue weighted by atomic mass is 10.3. The summed E-state index contributed by atoms with van der Waals surface area (Å²) < 4.78 is 16.8. The van der Waals surface area contributed by atoms with E-state index in [1.54, 1.807) is 29.2 Å². The number of hydrogen-bond acceptors (Lipinski definition) is 6. The Morgan fingerprint density at radius 1 is 1.38 bits per heavy atom. The summed E-state index contributed by atoms with van der Waals surface area (Å²) in [6.07, 6.45) is 4.38. The first kappa shape index (κ1) is 13.0. The minimum Gasteiger partial charge on any atom is -0.461 e. The van der Waals surface area contributed by atoms with Crippen LogP contribution in [0, 0.1) is 0 Å². The number of ether oxygens (including phenoxy) is 1. The van der Waals surface area contributed by atoms with Gasteiger partial charge < -0.3 is 19.0 Å². The van der Waals surface area contributed by atoms with E-state index in [4.69, 9.17) is 13.7 Å². The van der Waals surface area contributed by atoms with Crippen LogP contribution in [0.15, 0.2) is 51.9 Å². The first-order chi connectivity index (χ1) is 10.3. The quantitative estimate of drug-likeness (QED) is 0.770. The SMILES string of the molecule is O=C(NCCn1cccn1)Oc1cc(-c2ccco2)on1. The van der Waals surface area contributed by atoms with Crippen molar-refractivity contribution in [3.8, 4) is 17.4 Å². The normalized spacial score (nSPS) is 10.5. The fraction of sp³-hybridized carbons (Fsp3) is 0.154. The predicted molar refractivity (Wildman–Crippen MR) is 70.5 cm³/mol. The van der Waals surface area contributed by atoms with E-state index in [1.807, 2.05) is 6.07 Å². The highest BCUT2D eigenvalue weighted by Crippen LogP contribution is 2.23. The maximum atomic E-state index is 11.6. The van der Waals surface area contributed by atoms with Gasteiger partial charge in [0, 0.05) is 18.9 Å². The van der Waals surface area contributed by atoms with Crippen LogP contribution in [0.4, 0.5) is 4.79 Å². The summed E-state index contributed by atoms with van der Waals surface area (Å²) in [6.45, 7) is 0.946. The van der Waals surface area contributed by atoms with Gasteiger partial charge in [-0.2, -0.15) is 5.10 Å². The van der Waals surface area contributed by atoms with Crippen molar-refractivity contribution >= 4 is 6.09 Å². The predicted octanol–water partition coefficient (Wildman–Crippen LogP) is 1.92. The van der Waals surface area contributed by atoms with Gasteiger partial charge in [-0.1, -0.05) is 0 Å². The maximum Gasteiger partial charge on any atom is 0.414 e. The van der Waals surface area contributed by atoms with E-state index < -0.39 is 6.09 Å². The van der Waals surface area contributed by atoms with Crippen molar-refractivity contribution in [3.63, 3.8) is 0 Å². The Balaban J connectivity index is 1.48. The van der Waals surface area contributed by atoms with Crippen molar-refractivity contribution in [2.24, 2.45) is 0 Å². The van der Waals surface area contributed by atoms with Gasteiger partial charge in [-0.3, -0.25) is 4.68 Å². The third kappa shape index (κ3) is 3.30. The van der Waals surface area contributed by atoms with Crippen LogP contribution in [-0.4, -0.2) is 27.6 Å². The highest BCUT2D eigenvalue weighted by atomic mass is 16.6. The molecule has 0 aliphatic heterocycles. The molecule has 0 bridgehead atoms. The zero-order valence-electron chi connectivity index (χ0n) is 10.9. The van der Waals surface area contributed by atoms with E-state index in [2.05, 4.69) is 15.6 Å². The average molecular weight is 288 g/mol. The monoisotopic (exact) mass is 288 g/mol. The molecule has 8 nitrogen and oxygen atoms in total. The summed E-state index contributed by atoms with van der Waals surface area (Å²) in [7, 11) is 0. The summed E-state index contributed by atoms with van der Waals surface area (Å²) >= 11 is 0. The Labute approximate surface area is 119 Å². The molecular formula is C13H12N4O4. The molecule has 3 heterocycles. The van der Waals surface area contributed by atoms with E-state index in [0.717, 1.165) is 0 Å². The minimum absolute atomic E-state index is 0.0676. The van der Waals surface area contributed by atoms with Gasteiger partial charge in [0.15, 0.2) is 5.76 Å². The molecule has 1 N–H and O–H groups in total. The van der Waals surface area contributed by atoms with Gasteiger partial charge in [0.05, 0.1) is 18.9 Å². The molecule has 3 aromatic heterocycles. The second-order valence-corrected chi connectivity index (χ2v) is 4.09. The number of hydrogen-bond donors (Lipinski definition) is 1. The first-order valence-corrected chi connectivity index (χ1v) is 6.25. The number of rotatable bonds is 5. The number of amides is 1. The molecular weight excluding hydrogens is 276 g/mol. The summed E-state index contributed by atoms with van der Waals surface area (Å²) in [4.78, 5) is 11.6. The number of carbonyl (C=O) groups is 1. The molecule has 0 atom stereocenters. The minimum atomic E-state index is -0.610. The third-order valence-corrected chi connectivity index (χ3v) is 2.62. The fourth-order valence-corrected chi connectivity index (χ4v) is 1.68. The zero-order valence-corrected chi connectivity index (χ0v) is 10.9.